The van der Waals surface area contributed by atoms with Crippen molar-refractivity contribution >= 4 is 121 Å². The fraction of sp³-hybridized carbons (Fsp3) is 0. The molecule has 0 bridgehead atoms. The number of aromatic nitrogens is 6. The molecule has 0 aliphatic heterocycles. The number of fused-ring (bicyclic) bond motifs is 15. The van der Waals surface area contributed by atoms with Crippen LogP contribution in [0.3, 0.4) is 0 Å². The Balaban J connectivity index is 0.884. The van der Waals surface area contributed by atoms with Crippen LogP contribution in [0.15, 0.2) is 253 Å². The lowest BCUT2D eigenvalue weighted by Gasteiger charge is -2.12. The first kappa shape index (κ1) is 43.1. The Kier molecular flexibility index (Phi) is 9.05. The Hall–Kier alpha value is -10.2. The van der Waals surface area contributed by atoms with E-state index in [2.05, 4.69) is 255 Å². The van der Waals surface area contributed by atoms with Gasteiger partial charge in [0.2, 0.25) is 5.28 Å². The summed E-state index contributed by atoms with van der Waals surface area (Å²) in [5.41, 5.74) is 17.1. The molecule has 6 aromatic heterocycles. The highest BCUT2D eigenvalue weighted by molar-refractivity contribution is 6.28. The van der Waals surface area contributed by atoms with Crippen molar-refractivity contribution in [2.75, 3.05) is 0 Å². The van der Waals surface area contributed by atoms with Gasteiger partial charge in [0.05, 0.1) is 44.1 Å². The number of hydrogen-bond donors (Lipinski definition) is 0. The molecule has 7 nitrogen and oxygen atoms in total. The van der Waals surface area contributed by atoms with Crippen LogP contribution in [0.4, 0.5) is 0 Å². The normalized spacial score (nSPS) is 12.2. The first-order chi connectivity index (χ1) is 38.6. The average Bonchev–Trinajstić information content (AvgIpc) is 4.45. The monoisotopic (exact) mass is 1020 g/mol. The molecular weight excluding hydrogens is 976 g/mol. The van der Waals surface area contributed by atoms with E-state index in [4.69, 9.17) is 26.0 Å². The summed E-state index contributed by atoms with van der Waals surface area (Å²) in [5.74, 6) is 1.31. The van der Waals surface area contributed by atoms with Gasteiger partial charge in [0, 0.05) is 77.4 Å². The summed E-state index contributed by atoms with van der Waals surface area (Å²) in [6, 6.07) is 89.2. The van der Waals surface area contributed by atoms with Gasteiger partial charge in [-0.2, -0.15) is 9.97 Å². The van der Waals surface area contributed by atoms with Gasteiger partial charge >= 0.3 is 0 Å². The lowest BCUT2D eigenvalue weighted by molar-refractivity contribution is 0.669. The molecule has 0 N–H and O–H groups in total. The summed E-state index contributed by atoms with van der Waals surface area (Å²) in [6.07, 6.45) is 0. The minimum absolute atomic E-state index is 0.146. The highest BCUT2D eigenvalue weighted by Crippen LogP contribution is 2.43. The molecule has 0 radical (unpaired) electrons. The quantitative estimate of drug-likeness (QED) is 0.156. The second kappa shape index (κ2) is 16.4. The van der Waals surface area contributed by atoms with E-state index in [0.29, 0.717) is 11.6 Å². The lowest BCUT2D eigenvalue weighted by Crippen LogP contribution is -2.04. The van der Waals surface area contributed by atoms with Gasteiger partial charge in [0.1, 0.15) is 22.8 Å². The van der Waals surface area contributed by atoms with Crippen LogP contribution in [0.1, 0.15) is 0 Å². The maximum absolute atomic E-state index is 7.14. The van der Waals surface area contributed by atoms with Gasteiger partial charge in [-0.15, -0.1) is 0 Å². The van der Waals surface area contributed by atoms with Gasteiger partial charge in [-0.3, -0.25) is 9.13 Å². The first-order valence-electron chi connectivity index (χ1n) is 26.2. The van der Waals surface area contributed by atoms with Gasteiger partial charge in [-0.05, 0) is 137 Å². The number of para-hydroxylation sites is 6. The van der Waals surface area contributed by atoms with Gasteiger partial charge in [0.25, 0.3) is 0 Å². The zero-order valence-electron chi connectivity index (χ0n) is 41.6. The highest BCUT2D eigenvalue weighted by atomic mass is 35.5. The van der Waals surface area contributed by atoms with E-state index >= 15 is 0 Å². The van der Waals surface area contributed by atoms with Crippen LogP contribution in [0.25, 0.3) is 154 Å². The van der Waals surface area contributed by atoms with Crippen LogP contribution in [-0.2, 0) is 0 Å². The molecule has 0 aliphatic rings. The third-order valence-corrected chi connectivity index (χ3v) is 16.3. The molecule has 0 fully saturated rings. The molecule has 78 heavy (non-hydrogen) atoms. The van der Waals surface area contributed by atoms with Gasteiger partial charge < -0.3 is 13.6 Å². The van der Waals surface area contributed by atoms with Crippen molar-refractivity contribution in [1.29, 1.82) is 0 Å². The van der Waals surface area contributed by atoms with E-state index < -0.39 is 0 Å². The molecule has 0 atom stereocenters. The van der Waals surface area contributed by atoms with Crippen LogP contribution in [0.5, 0.6) is 0 Å². The number of benzene rings is 11. The maximum atomic E-state index is 7.14. The molecule has 0 saturated carbocycles. The van der Waals surface area contributed by atoms with E-state index in [1.54, 1.807) is 0 Å². The Bertz CT molecular complexity index is 5140. The number of rotatable bonds is 6. The molecule has 0 unspecified atom stereocenters. The van der Waals surface area contributed by atoms with E-state index in [9.17, 15) is 0 Å². The fourth-order valence-electron chi connectivity index (χ4n) is 12.7. The summed E-state index contributed by atoms with van der Waals surface area (Å²) >= 11 is 7.14. The van der Waals surface area contributed by atoms with Crippen molar-refractivity contribution < 1.29 is 4.42 Å². The molecular formula is C70H41ClN6O. The van der Waals surface area contributed by atoms with Gasteiger partial charge in [0.15, 0.2) is 0 Å². The average molecular weight is 1020 g/mol. The fourth-order valence-corrected chi connectivity index (χ4v) is 12.9. The van der Waals surface area contributed by atoms with E-state index in [1.165, 1.54) is 43.6 Å². The van der Waals surface area contributed by atoms with Gasteiger partial charge in [-0.25, -0.2) is 0 Å². The minimum Gasteiger partial charge on any atom is -0.456 e. The number of hydrogen-bond acceptors (Lipinski definition) is 3. The predicted octanol–water partition coefficient (Wildman–Crippen LogP) is 18.8. The number of nitrogens with zero attached hydrogens (tertiary/aromatic N) is 6. The maximum Gasteiger partial charge on any atom is 0.226 e. The molecule has 8 heteroatoms. The summed E-state index contributed by atoms with van der Waals surface area (Å²) in [7, 11) is 0. The van der Waals surface area contributed by atoms with E-state index in [1.807, 2.05) is 12.1 Å². The molecule has 11 aromatic carbocycles. The van der Waals surface area contributed by atoms with E-state index in [-0.39, 0.29) is 5.28 Å². The molecule has 0 aliphatic carbocycles. The summed E-state index contributed by atoms with van der Waals surface area (Å²) in [5, 5.41) is 11.5. The smallest absolute Gasteiger partial charge is 0.226 e. The first-order valence-corrected chi connectivity index (χ1v) is 26.6. The molecule has 364 valence electrons. The minimum atomic E-state index is 0.146. The summed E-state index contributed by atoms with van der Waals surface area (Å²) in [4.78, 5) is 10.0. The molecule has 0 saturated heterocycles. The standard InChI is InChI=1S/C70H41ClN6O/c71-70-72-68(41-69(73-70)77-60-25-13-9-21-50(60)56-39-57-51-22-10-14-26-66(51)78-67(57)40-65(56)77)76-63-33-29-44(42-27-31-61-52(35-42)48-19-7-11-23-58(48)74(61)46-15-3-1-4-16-46)37-54(63)55-38-45(30-34-64(55)76)43-28-32-62-53(36-43)49-20-8-12-24-59(49)75(62)47-17-5-2-6-18-47/h1-41H. The van der Waals surface area contributed by atoms with Crippen LogP contribution in [0.2, 0.25) is 5.28 Å². The van der Waals surface area contributed by atoms with Crippen molar-refractivity contribution in [3.8, 4) is 45.3 Å². The molecule has 0 amide bonds. The van der Waals surface area contributed by atoms with Crippen LogP contribution < -0.4 is 0 Å². The van der Waals surface area contributed by atoms with Crippen molar-refractivity contribution in [3.63, 3.8) is 0 Å². The largest absolute Gasteiger partial charge is 0.456 e. The SMILES string of the molecule is Clc1nc(-n2c3ccc(-c4ccc5c(c4)c4ccccc4n5-c4ccccc4)cc3c3cc(-c4ccc5c(c4)c4ccccc4n5-c4ccccc4)ccc32)cc(-n2c3ccccc3c3cc4c(cc32)oc2ccccc24)n1. The predicted molar refractivity (Wildman–Crippen MR) is 323 cm³/mol. The molecule has 17 aromatic rings. The Morgan fingerprint density at radius 3 is 1.10 bits per heavy atom. The summed E-state index contributed by atoms with van der Waals surface area (Å²) in [6.45, 7) is 0. The molecule has 6 heterocycles. The Labute approximate surface area is 450 Å². The molecule has 17 rings (SSSR count). The van der Waals surface area contributed by atoms with Crippen LogP contribution >= 0.6 is 11.6 Å². The van der Waals surface area contributed by atoms with E-state index in [0.717, 1.165) is 99.2 Å². The van der Waals surface area contributed by atoms with Crippen molar-refractivity contribution in [2.24, 2.45) is 0 Å². The topological polar surface area (TPSA) is 58.6 Å². The zero-order chi connectivity index (χ0) is 51.2. The third kappa shape index (κ3) is 6.27. The van der Waals surface area contributed by atoms with Crippen LogP contribution in [-0.4, -0.2) is 28.2 Å². The zero-order valence-corrected chi connectivity index (χ0v) is 42.4. The Morgan fingerprint density at radius 2 is 0.615 bits per heavy atom. The van der Waals surface area contributed by atoms with Gasteiger partial charge in [-0.1, -0.05) is 133 Å². The summed E-state index contributed by atoms with van der Waals surface area (Å²) < 4.78 is 15.6. The molecule has 0 spiro atoms. The second-order valence-electron chi connectivity index (χ2n) is 20.3. The number of halogens is 1. The van der Waals surface area contributed by atoms with Crippen LogP contribution in [0, 0.1) is 0 Å². The third-order valence-electron chi connectivity index (χ3n) is 16.1. The second-order valence-corrected chi connectivity index (χ2v) is 20.6. The highest BCUT2D eigenvalue weighted by Gasteiger charge is 2.22. The van der Waals surface area contributed by atoms with Crippen molar-refractivity contribution in [3.05, 3.63) is 254 Å². The van der Waals surface area contributed by atoms with Crippen molar-refractivity contribution in [1.82, 2.24) is 28.2 Å². The van der Waals surface area contributed by atoms with Crippen molar-refractivity contribution in [2.45, 2.75) is 0 Å². The number of furan rings is 1. The lowest BCUT2D eigenvalue weighted by atomic mass is 9.98. The Morgan fingerprint density at radius 1 is 0.256 bits per heavy atom.